The van der Waals surface area contributed by atoms with Crippen LogP contribution < -0.4 is 5.56 Å². The summed E-state index contributed by atoms with van der Waals surface area (Å²) < 4.78 is 0. The van der Waals surface area contributed by atoms with Gasteiger partial charge in [0.05, 0.1) is 5.52 Å². The van der Waals surface area contributed by atoms with E-state index in [1.807, 2.05) is 13.8 Å². The van der Waals surface area contributed by atoms with Crippen molar-refractivity contribution >= 4 is 29.2 Å². The molecule has 6 nitrogen and oxygen atoms in total. The molecule has 4 aliphatic rings. The highest BCUT2D eigenvalue weighted by molar-refractivity contribution is 6.02. The van der Waals surface area contributed by atoms with Gasteiger partial charge >= 0.3 is 0 Å². The third kappa shape index (κ3) is 4.52. The number of halogens is 1. The first-order valence-electron chi connectivity index (χ1n) is 13.8. The maximum atomic E-state index is 13.5. The predicted octanol–water partition coefficient (Wildman–Crippen LogP) is 5.48. The fraction of sp³-hybridized carbons (Fsp3) is 0.484. The Morgan fingerprint density at radius 3 is 2.39 bits per heavy atom. The molecule has 3 aromatic rings. The molecule has 0 spiro atoms. The van der Waals surface area contributed by atoms with Gasteiger partial charge in [-0.15, -0.1) is 12.4 Å². The highest BCUT2D eigenvalue weighted by atomic mass is 35.5. The molecular weight excluding hydrogens is 498 g/mol. The summed E-state index contributed by atoms with van der Waals surface area (Å²) in [5.41, 5.74) is 1.68. The summed E-state index contributed by atoms with van der Waals surface area (Å²) in [5.74, 6) is 0.193. The minimum atomic E-state index is -0.539. The zero-order valence-electron chi connectivity index (χ0n) is 22.2. The molecule has 1 aromatic heterocycles. The van der Waals surface area contributed by atoms with Crippen molar-refractivity contribution in [3.05, 3.63) is 76.1 Å². The van der Waals surface area contributed by atoms with Crippen molar-refractivity contribution in [3.8, 4) is 5.75 Å². The third-order valence-corrected chi connectivity index (χ3v) is 9.27. The Morgan fingerprint density at radius 1 is 1.05 bits per heavy atom. The van der Waals surface area contributed by atoms with Gasteiger partial charge in [0.1, 0.15) is 11.3 Å². The Kier molecular flexibility index (Phi) is 7.31. The number of para-hydroxylation sites is 1. The van der Waals surface area contributed by atoms with Gasteiger partial charge in [0.15, 0.2) is 0 Å². The molecule has 2 N–H and O–H groups in total. The Morgan fingerprint density at radius 2 is 1.71 bits per heavy atom. The van der Waals surface area contributed by atoms with E-state index < -0.39 is 11.5 Å². The Bertz CT molecular complexity index is 1360. The standard InChI is InChI=1S/C31H37N3O3.ClH/c1-20(2)33(30(37)27-28(35)25-11-6-7-12-26(25)32-29(27)36)13-8-14-34-23-15-21-16-24(34)19-31(17-21,18-23)22-9-4-3-5-10-22;/h3-7,9-12,20-21,23-24H,8,13-19H2,1-2H3,(H2,32,35,36);1H. The lowest BCUT2D eigenvalue weighted by molar-refractivity contribution is -0.0757. The van der Waals surface area contributed by atoms with Crippen molar-refractivity contribution in [1.82, 2.24) is 14.8 Å². The molecule has 4 fully saturated rings. The van der Waals surface area contributed by atoms with Crippen molar-refractivity contribution in [3.63, 3.8) is 0 Å². The second-order valence-corrected chi connectivity index (χ2v) is 11.8. The van der Waals surface area contributed by atoms with Crippen molar-refractivity contribution in [2.45, 2.75) is 75.9 Å². The number of hydrogen-bond acceptors (Lipinski definition) is 4. The summed E-state index contributed by atoms with van der Waals surface area (Å²) in [7, 11) is 0. The van der Waals surface area contributed by atoms with Crippen LogP contribution in [0.4, 0.5) is 0 Å². The van der Waals surface area contributed by atoms with Crippen LogP contribution in [0.3, 0.4) is 0 Å². The molecule has 2 aliphatic heterocycles. The second kappa shape index (κ2) is 10.4. The van der Waals surface area contributed by atoms with Crippen LogP contribution >= 0.6 is 12.4 Å². The molecule has 2 saturated heterocycles. The molecule has 2 saturated carbocycles. The van der Waals surface area contributed by atoms with E-state index in [0.29, 0.717) is 34.9 Å². The zero-order valence-corrected chi connectivity index (χ0v) is 23.0. The number of nitrogens with zero attached hydrogens (tertiary/aromatic N) is 2. The van der Waals surface area contributed by atoms with Crippen molar-refractivity contribution in [2.75, 3.05) is 13.1 Å². The van der Waals surface area contributed by atoms with Crippen molar-refractivity contribution in [1.29, 1.82) is 0 Å². The number of aromatic amines is 1. The summed E-state index contributed by atoms with van der Waals surface area (Å²) in [4.78, 5) is 33.5. The number of H-pyrrole nitrogens is 1. The first kappa shape index (κ1) is 26.8. The minimum Gasteiger partial charge on any atom is -0.506 e. The zero-order chi connectivity index (χ0) is 25.7. The second-order valence-electron chi connectivity index (χ2n) is 11.8. The van der Waals surface area contributed by atoms with Gasteiger partial charge in [0.25, 0.3) is 11.5 Å². The molecule has 4 bridgehead atoms. The molecule has 38 heavy (non-hydrogen) atoms. The number of piperidine rings is 2. The summed E-state index contributed by atoms with van der Waals surface area (Å²) in [5, 5.41) is 11.3. The van der Waals surface area contributed by atoms with Crippen molar-refractivity contribution in [2.24, 2.45) is 5.92 Å². The first-order chi connectivity index (χ1) is 17.9. The van der Waals surface area contributed by atoms with Crippen LogP contribution in [-0.4, -0.2) is 57.0 Å². The van der Waals surface area contributed by atoms with Gasteiger partial charge in [-0.05, 0) is 81.4 Å². The number of pyridine rings is 1. The number of aromatic nitrogens is 1. The summed E-state index contributed by atoms with van der Waals surface area (Å²) in [6.07, 6.45) is 7.23. The highest BCUT2D eigenvalue weighted by Gasteiger charge is 2.54. The van der Waals surface area contributed by atoms with E-state index in [0.717, 1.165) is 18.9 Å². The number of rotatable bonds is 7. The molecule has 2 aliphatic carbocycles. The maximum Gasteiger partial charge on any atom is 0.265 e. The topological polar surface area (TPSA) is 76.6 Å². The Hall–Kier alpha value is -2.83. The summed E-state index contributed by atoms with van der Waals surface area (Å²) in [6, 6.07) is 19.3. The average Bonchev–Trinajstić information content (AvgIpc) is 2.88. The number of aromatic hydroxyl groups is 1. The molecule has 2 unspecified atom stereocenters. The molecule has 3 heterocycles. The van der Waals surface area contributed by atoms with Crippen molar-refractivity contribution < 1.29 is 9.90 Å². The Labute approximate surface area is 230 Å². The number of nitrogens with one attached hydrogen (secondary N) is 1. The molecule has 202 valence electrons. The van der Waals surface area contributed by atoms with Gasteiger partial charge in [0.2, 0.25) is 0 Å². The lowest BCUT2D eigenvalue weighted by Crippen LogP contribution is -2.63. The number of carbonyl (C=O) groups is 1. The van der Waals surface area contributed by atoms with E-state index in [9.17, 15) is 14.7 Å². The van der Waals surface area contributed by atoms with Crippen LogP contribution in [0, 0.1) is 5.92 Å². The van der Waals surface area contributed by atoms with E-state index in [2.05, 4.69) is 40.2 Å². The predicted molar refractivity (Wildman–Crippen MR) is 153 cm³/mol. The van der Waals surface area contributed by atoms with Crippen LogP contribution in [0.25, 0.3) is 10.9 Å². The van der Waals surface area contributed by atoms with Crippen LogP contribution in [0.5, 0.6) is 5.75 Å². The summed E-state index contributed by atoms with van der Waals surface area (Å²) >= 11 is 0. The quantitative estimate of drug-likeness (QED) is 0.420. The van der Waals surface area contributed by atoms with Gasteiger partial charge < -0.3 is 15.0 Å². The highest BCUT2D eigenvalue weighted by Crippen LogP contribution is 2.57. The van der Waals surface area contributed by atoms with Gasteiger partial charge in [-0.25, -0.2) is 0 Å². The van der Waals surface area contributed by atoms with Crippen LogP contribution in [0.1, 0.15) is 68.3 Å². The summed E-state index contributed by atoms with van der Waals surface area (Å²) in [6.45, 7) is 5.46. The Balaban J connectivity index is 0.00000294. The van der Waals surface area contributed by atoms with E-state index in [1.165, 1.54) is 37.7 Å². The molecule has 7 rings (SSSR count). The van der Waals surface area contributed by atoms with E-state index in [4.69, 9.17) is 0 Å². The fourth-order valence-electron chi connectivity index (χ4n) is 7.80. The van der Waals surface area contributed by atoms with Crippen LogP contribution in [-0.2, 0) is 5.41 Å². The minimum absolute atomic E-state index is 0. The fourth-order valence-corrected chi connectivity index (χ4v) is 7.80. The van der Waals surface area contributed by atoms with Gasteiger partial charge in [-0.1, -0.05) is 42.5 Å². The SMILES string of the molecule is CC(C)N(CCCN1C2CC3CC1CC(c1ccccc1)(C3)C2)C(=O)c1c(O)c2ccccc2[nH]c1=O.Cl. The van der Waals surface area contributed by atoms with Crippen LogP contribution in [0.2, 0.25) is 0 Å². The monoisotopic (exact) mass is 535 g/mol. The van der Waals surface area contributed by atoms with Gasteiger partial charge in [-0.2, -0.15) is 0 Å². The first-order valence-corrected chi connectivity index (χ1v) is 13.8. The maximum absolute atomic E-state index is 13.5. The van der Waals surface area contributed by atoms with Crippen LogP contribution in [0.15, 0.2) is 59.4 Å². The molecule has 2 aromatic carbocycles. The number of hydrogen-bond donors (Lipinski definition) is 2. The molecular formula is C31H38ClN3O3. The molecule has 1 amide bonds. The lowest BCUT2D eigenvalue weighted by atomic mass is 9.53. The average molecular weight is 536 g/mol. The lowest BCUT2D eigenvalue weighted by Gasteiger charge is -2.62. The molecule has 7 heteroatoms. The third-order valence-electron chi connectivity index (χ3n) is 9.27. The van der Waals surface area contributed by atoms with E-state index in [1.54, 1.807) is 29.2 Å². The van der Waals surface area contributed by atoms with E-state index >= 15 is 0 Å². The van der Waals surface area contributed by atoms with Gasteiger partial charge in [0, 0.05) is 36.6 Å². The number of amides is 1. The van der Waals surface area contributed by atoms with Gasteiger partial charge in [-0.3, -0.25) is 14.5 Å². The smallest absolute Gasteiger partial charge is 0.265 e. The number of carbonyl (C=O) groups excluding carboxylic acids is 1. The number of benzene rings is 2. The molecule has 2 atom stereocenters. The molecule has 0 radical (unpaired) electrons. The largest absolute Gasteiger partial charge is 0.506 e. The van der Waals surface area contributed by atoms with E-state index in [-0.39, 0.29) is 29.8 Å². The normalized spacial score (nSPS) is 26.0. The number of fused-ring (bicyclic) bond motifs is 1.